The van der Waals surface area contributed by atoms with Crippen molar-refractivity contribution in [3.8, 4) is 0 Å². The van der Waals surface area contributed by atoms with Crippen LogP contribution in [0.3, 0.4) is 0 Å². The van der Waals surface area contributed by atoms with Gasteiger partial charge in [-0.3, -0.25) is 4.79 Å². The number of aliphatic hydroxyl groups excluding tert-OH is 1. The van der Waals surface area contributed by atoms with Gasteiger partial charge in [-0.05, 0) is 23.3 Å². The quantitative estimate of drug-likeness (QED) is 0.719. The average Bonchev–Trinajstić information content (AvgIpc) is 3.06. The van der Waals surface area contributed by atoms with E-state index in [0.29, 0.717) is 11.6 Å². The second-order valence-corrected chi connectivity index (χ2v) is 6.19. The molecule has 1 aliphatic carbocycles. The van der Waals surface area contributed by atoms with Crippen LogP contribution >= 0.6 is 11.6 Å². The molecule has 2 heterocycles. The number of halogens is 1. The van der Waals surface area contributed by atoms with Gasteiger partial charge in [-0.15, -0.1) is 0 Å². The van der Waals surface area contributed by atoms with E-state index in [2.05, 4.69) is 10.6 Å². The highest BCUT2D eigenvalue weighted by molar-refractivity contribution is 6.30. The topological polar surface area (TPSA) is 64.6 Å². The Bertz CT molecular complexity index is 756. The van der Waals surface area contributed by atoms with E-state index in [9.17, 15) is 9.90 Å². The molecule has 0 radical (unpaired) electrons. The molecule has 0 saturated heterocycles. The van der Waals surface area contributed by atoms with Crippen LogP contribution in [0.1, 0.15) is 17.2 Å². The van der Waals surface area contributed by atoms with Crippen LogP contribution in [-0.4, -0.2) is 28.2 Å². The lowest BCUT2D eigenvalue weighted by Crippen LogP contribution is -2.50. The summed E-state index contributed by atoms with van der Waals surface area (Å²) in [7, 11) is 0. The summed E-state index contributed by atoms with van der Waals surface area (Å²) in [6, 6.07) is 7.38. The minimum atomic E-state index is -0.613. The van der Waals surface area contributed by atoms with E-state index in [1.54, 1.807) is 11.1 Å². The SMILES string of the molecule is O=C(N[C@@H]1c2ccccc2C[C@@H]1O)C1NC(Cl)=C2C=CC=CN21. The van der Waals surface area contributed by atoms with Gasteiger partial charge >= 0.3 is 0 Å². The van der Waals surface area contributed by atoms with Crippen LogP contribution in [0.25, 0.3) is 0 Å². The first-order valence-corrected chi connectivity index (χ1v) is 7.89. The first-order chi connectivity index (χ1) is 11.1. The van der Waals surface area contributed by atoms with Crippen molar-refractivity contribution in [1.29, 1.82) is 0 Å². The van der Waals surface area contributed by atoms with Crippen molar-refractivity contribution in [2.45, 2.75) is 24.7 Å². The molecule has 0 bridgehead atoms. The number of fused-ring (bicyclic) bond motifs is 2. The van der Waals surface area contributed by atoms with E-state index in [0.717, 1.165) is 16.8 Å². The van der Waals surface area contributed by atoms with Crippen molar-refractivity contribution in [2.24, 2.45) is 0 Å². The molecule has 0 spiro atoms. The van der Waals surface area contributed by atoms with Gasteiger partial charge in [-0.1, -0.05) is 41.9 Å². The number of nitrogens with zero attached hydrogens (tertiary/aromatic N) is 1. The molecule has 23 heavy (non-hydrogen) atoms. The fraction of sp³-hybridized carbons (Fsp3) is 0.235. The molecule has 0 aromatic heterocycles. The van der Waals surface area contributed by atoms with E-state index >= 15 is 0 Å². The molecule has 5 nitrogen and oxygen atoms in total. The van der Waals surface area contributed by atoms with Gasteiger partial charge in [0.2, 0.25) is 0 Å². The van der Waals surface area contributed by atoms with Crippen LogP contribution in [0.15, 0.2) is 59.5 Å². The third-order valence-corrected chi connectivity index (χ3v) is 4.71. The average molecular weight is 330 g/mol. The van der Waals surface area contributed by atoms with Crippen molar-refractivity contribution < 1.29 is 9.90 Å². The summed E-state index contributed by atoms with van der Waals surface area (Å²) in [4.78, 5) is 14.5. The number of benzene rings is 1. The Morgan fingerprint density at radius 3 is 3.04 bits per heavy atom. The van der Waals surface area contributed by atoms with Gasteiger partial charge < -0.3 is 20.6 Å². The minimum Gasteiger partial charge on any atom is -0.390 e. The Balaban J connectivity index is 1.54. The number of hydrogen-bond acceptors (Lipinski definition) is 4. The number of carbonyl (C=O) groups excluding carboxylic acids is 1. The molecule has 1 aromatic carbocycles. The number of amides is 1. The molecule has 0 saturated carbocycles. The zero-order chi connectivity index (χ0) is 16.0. The van der Waals surface area contributed by atoms with E-state index in [1.807, 2.05) is 42.5 Å². The molecule has 6 heteroatoms. The number of hydrogen-bond donors (Lipinski definition) is 3. The molecule has 1 amide bonds. The highest BCUT2D eigenvalue weighted by Crippen LogP contribution is 2.32. The second-order valence-electron chi connectivity index (χ2n) is 5.81. The lowest BCUT2D eigenvalue weighted by atomic mass is 10.1. The first kappa shape index (κ1) is 14.4. The molecule has 3 atom stereocenters. The summed E-state index contributed by atoms with van der Waals surface area (Å²) in [6.45, 7) is 0. The maximum Gasteiger partial charge on any atom is 0.264 e. The number of carbonyl (C=O) groups is 1. The van der Waals surface area contributed by atoms with E-state index in [-0.39, 0.29) is 5.91 Å². The van der Waals surface area contributed by atoms with Gasteiger partial charge in [0.1, 0.15) is 5.16 Å². The molecule has 1 aromatic rings. The van der Waals surface area contributed by atoms with E-state index in [1.165, 1.54) is 0 Å². The molecule has 3 N–H and O–H groups in total. The highest BCUT2D eigenvalue weighted by Gasteiger charge is 2.38. The summed E-state index contributed by atoms with van der Waals surface area (Å²) < 4.78 is 0. The smallest absolute Gasteiger partial charge is 0.264 e. The summed E-state index contributed by atoms with van der Waals surface area (Å²) >= 11 is 6.16. The predicted molar refractivity (Wildman–Crippen MR) is 87.0 cm³/mol. The Kier molecular flexibility index (Phi) is 3.39. The monoisotopic (exact) mass is 329 g/mol. The molecule has 0 fully saturated rings. The van der Waals surface area contributed by atoms with Crippen LogP contribution in [-0.2, 0) is 11.2 Å². The lowest BCUT2D eigenvalue weighted by molar-refractivity contribution is -0.126. The number of allylic oxidation sites excluding steroid dienone is 3. The van der Waals surface area contributed by atoms with Crippen molar-refractivity contribution in [2.75, 3.05) is 0 Å². The van der Waals surface area contributed by atoms with Crippen LogP contribution < -0.4 is 10.6 Å². The highest BCUT2D eigenvalue weighted by atomic mass is 35.5. The Labute approximate surface area is 138 Å². The fourth-order valence-electron chi connectivity index (χ4n) is 3.30. The largest absolute Gasteiger partial charge is 0.390 e. The maximum atomic E-state index is 12.7. The molecule has 118 valence electrons. The zero-order valence-corrected chi connectivity index (χ0v) is 13.0. The Morgan fingerprint density at radius 1 is 1.35 bits per heavy atom. The summed E-state index contributed by atoms with van der Waals surface area (Å²) in [5, 5.41) is 16.6. The number of aliphatic hydroxyl groups is 1. The zero-order valence-electron chi connectivity index (χ0n) is 12.2. The minimum absolute atomic E-state index is 0.223. The third kappa shape index (κ3) is 2.33. The third-order valence-electron chi connectivity index (χ3n) is 4.41. The molecule has 2 aliphatic heterocycles. The van der Waals surface area contributed by atoms with Gasteiger partial charge in [-0.25, -0.2) is 0 Å². The molecule has 4 rings (SSSR count). The van der Waals surface area contributed by atoms with Crippen molar-refractivity contribution >= 4 is 17.5 Å². The van der Waals surface area contributed by atoms with Gasteiger partial charge in [0.15, 0.2) is 6.17 Å². The van der Waals surface area contributed by atoms with Crippen molar-refractivity contribution in [3.05, 3.63) is 70.7 Å². The Hall–Kier alpha value is -2.24. The second kappa shape index (κ2) is 5.44. The Morgan fingerprint density at radius 2 is 2.17 bits per heavy atom. The molecular weight excluding hydrogens is 314 g/mol. The molecule has 1 unspecified atom stereocenters. The van der Waals surface area contributed by atoms with Crippen LogP contribution in [0.4, 0.5) is 0 Å². The van der Waals surface area contributed by atoms with E-state index in [4.69, 9.17) is 11.6 Å². The summed E-state index contributed by atoms with van der Waals surface area (Å²) in [5.41, 5.74) is 2.81. The van der Waals surface area contributed by atoms with Gasteiger partial charge in [0, 0.05) is 12.6 Å². The number of nitrogens with one attached hydrogen (secondary N) is 2. The van der Waals surface area contributed by atoms with E-state index < -0.39 is 18.3 Å². The normalized spacial score (nSPS) is 27.7. The van der Waals surface area contributed by atoms with Gasteiger partial charge in [0.25, 0.3) is 5.91 Å². The van der Waals surface area contributed by atoms with Crippen molar-refractivity contribution in [1.82, 2.24) is 15.5 Å². The first-order valence-electron chi connectivity index (χ1n) is 7.51. The van der Waals surface area contributed by atoms with Crippen LogP contribution in [0.2, 0.25) is 0 Å². The van der Waals surface area contributed by atoms with Crippen LogP contribution in [0.5, 0.6) is 0 Å². The van der Waals surface area contributed by atoms with Crippen molar-refractivity contribution in [3.63, 3.8) is 0 Å². The lowest BCUT2D eigenvalue weighted by Gasteiger charge is -2.27. The van der Waals surface area contributed by atoms with Gasteiger partial charge in [-0.2, -0.15) is 0 Å². The molecular formula is C17H16ClN3O2. The van der Waals surface area contributed by atoms with Gasteiger partial charge in [0.05, 0.1) is 17.8 Å². The standard InChI is InChI=1S/C17H16ClN3O2/c18-15-12-7-3-4-8-21(12)16(20-15)17(23)19-14-11-6-2-1-5-10(11)9-13(14)22/h1-8,13-14,16,20,22H,9H2,(H,19,23)/t13-,14+,16?/m0/s1. The van der Waals surface area contributed by atoms with Crippen LogP contribution in [0, 0.1) is 0 Å². The fourth-order valence-corrected chi connectivity index (χ4v) is 3.57. The predicted octanol–water partition coefficient (Wildman–Crippen LogP) is 1.48. The summed E-state index contributed by atoms with van der Waals surface area (Å²) in [5.74, 6) is -0.223. The summed E-state index contributed by atoms with van der Waals surface area (Å²) in [6.07, 6.45) is 6.70. The molecule has 3 aliphatic rings. The number of rotatable bonds is 2. The maximum absolute atomic E-state index is 12.7.